The van der Waals surface area contributed by atoms with Crippen LogP contribution in [0.1, 0.15) is 22.3 Å². The van der Waals surface area contributed by atoms with Crippen LogP contribution in [-0.2, 0) is 12.4 Å². The molecule has 0 saturated heterocycles. The molecule has 0 fully saturated rings. The second-order valence-corrected chi connectivity index (χ2v) is 9.53. The molecule has 0 nitrogen and oxygen atoms in total. The summed E-state index contributed by atoms with van der Waals surface area (Å²) in [5.41, 5.74) is -4.10. The van der Waals surface area contributed by atoms with E-state index in [1.165, 1.54) is 26.0 Å². The Labute approximate surface area is 216 Å². The van der Waals surface area contributed by atoms with Crippen molar-refractivity contribution in [1.29, 1.82) is 0 Å². The largest absolute Gasteiger partial charge is 0.416 e. The van der Waals surface area contributed by atoms with Crippen molar-refractivity contribution in [3.63, 3.8) is 0 Å². The first-order valence-corrected chi connectivity index (χ1v) is 11.5. The SMILES string of the molecule is Cc1cc(F)cc([B-](c2cc(C)cc(F)c2)(c2cc(F)cc(C(F)(F)F)c2)c2cc(F)cc(C(F)(F)F)c2)c1. The summed E-state index contributed by atoms with van der Waals surface area (Å²) >= 11 is 0. The van der Waals surface area contributed by atoms with Crippen molar-refractivity contribution in [2.75, 3.05) is 0 Å². The highest BCUT2D eigenvalue weighted by molar-refractivity contribution is 7.20. The molecule has 0 spiro atoms. The highest BCUT2D eigenvalue weighted by atomic mass is 19.4. The molecule has 0 aliphatic heterocycles. The molecule has 39 heavy (non-hydrogen) atoms. The van der Waals surface area contributed by atoms with Gasteiger partial charge in [-0.3, -0.25) is 0 Å². The first-order valence-electron chi connectivity index (χ1n) is 11.5. The first kappa shape index (κ1) is 28.3. The van der Waals surface area contributed by atoms with Crippen molar-refractivity contribution in [3.05, 3.63) is 118 Å². The zero-order chi connectivity index (χ0) is 28.9. The Morgan fingerprint density at radius 2 is 0.692 bits per heavy atom. The maximum absolute atomic E-state index is 14.8. The molecule has 0 saturated carbocycles. The molecule has 0 aromatic heterocycles. The van der Waals surface area contributed by atoms with Crippen LogP contribution in [0.15, 0.2) is 72.8 Å². The van der Waals surface area contributed by atoms with E-state index in [1.54, 1.807) is 0 Å². The van der Waals surface area contributed by atoms with Crippen LogP contribution in [0.3, 0.4) is 0 Å². The Bertz CT molecular complexity index is 1400. The number of benzene rings is 4. The zero-order valence-electron chi connectivity index (χ0n) is 20.3. The fraction of sp³-hybridized carbons (Fsp3) is 0.143. The Morgan fingerprint density at radius 1 is 0.410 bits per heavy atom. The van der Waals surface area contributed by atoms with Crippen LogP contribution in [0.4, 0.5) is 43.9 Å². The van der Waals surface area contributed by atoms with Gasteiger partial charge in [0.1, 0.15) is 29.4 Å². The fourth-order valence-corrected chi connectivity index (χ4v) is 5.24. The van der Waals surface area contributed by atoms with Crippen molar-refractivity contribution in [3.8, 4) is 0 Å². The van der Waals surface area contributed by atoms with E-state index in [9.17, 15) is 43.9 Å². The molecule has 0 heterocycles. The lowest BCUT2D eigenvalue weighted by atomic mass is 9.13. The third-order valence-electron chi connectivity index (χ3n) is 6.62. The van der Waals surface area contributed by atoms with E-state index >= 15 is 0 Å². The normalized spacial score (nSPS) is 12.6. The molecule has 0 aliphatic rings. The van der Waals surface area contributed by atoms with E-state index < -0.39 is 63.8 Å². The monoisotopic (exact) mass is 555 g/mol. The van der Waals surface area contributed by atoms with Crippen LogP contribution < -0.4 is 21.9 Å². The molecule has 0 aliphatic carbocycles. The summed E-state index contributed by atoms with van der Waals surface area (Å²) < 4.78 is 142. The quantitative estimate of drug-likeness (QED) is 0.206. The van der Waals surface area contributed by atoms with Gasteiger partial charge in [0, 0.05) is 0 Å². The van der Waals surface area contributed by atoms with Crippen LogP contribution in [0.5, 0.6) is 0 Å². The van der Waals surface area contributed by atoms with Crippen LogP contribution in [0.25, 0.3) is 0 Å². The van der Waals surface area contributed by atoms with Crippen molar-refractivity contribution in [1.82, 2.24) is 0 Å². The molecule has 204 valence electrons. The van der Waals surface area contributed by atoms with E-state index in [2.05, 4.69) is 0 Å². The van der Waals surface area contributed by atoms with Gasteiger partial charge in [-0.25, -0.2) is 17.6 Å². The van der Waals surface area contributed by atoms with Crippen LogP contribution in [0, 0.1) is 37.1 Å². The number of alkyl halides is 6. The number of rotatable bonds is 4. The van der Waals surface area contributed by atoms with E-state index in [0.717, 1.165) is 24.3 Å². The van der Waals surface area contributed by atoms with E-state index in [0.29, 0.717) is 24.3 Å². The maximum Gasteiger partial charge on any atom is 0.416 e. The van der Waals surface area contributed by atoms with Crippen molar-refractivity contribution in [2.45, 2.75) is 26.2 Å². The maximum atomic E-state index is 14.8. The van der Waals surface area contributed by atoms with Crippen LogP contribution >= 0.6 is 0 Å². The molecule has 0 amide bonds. The van der Waals surface area contributed by atoms with Gasteiger partial charge in [0.25, 0.3) is 0 Å². The van der Waals surface area contributed by atoms with Gasteiger partial charge in [0.15, 0.2) is 0 Å². The van der Waals surface area contributed by atoms with Crippen LogP contribution in [0.2, 0.25) is 0 Å². The molecule has 4 aromatic rings. The molecule has 4 aromatic carbocycles. The standard InChI is InChI=1S/C28H18BF10/c1-15-3-19(11-23(30)5-15)29(20-4-16(2)6-24(31)12-20,21-7-17(27(34,35)36)9-25(32)13-21)22-8-18(28(37,38)39)10-26(33)14-22/h3-14H,1-2H3/q-1. The Balaban J connectivity index is 2.32. The van der Waals surface area contributed by atoms with Crippen molar-refractivity contribution >= 4 is 28.0 Å². The average molecular weight is 555 g/mol. The van der Waals surface area contributed by atoms with Crippen LogP contribution in [-0.4, -0.2) is 6.15 Å². The van der Waals surface area contributed by atoms with Gasteiger partial charge in [-0.2, -0.15) is 48.2 Å². The summed E-state index contributed by atoms with van der Waals surface area (Å²) in [6, 6.07) is 9.04. The van der Waals surface area contributed by atoms with E-state index in [-0.39, 0.29) is 34.2 Å². The van der Waals surface area contributed by atoms with Gasteiger partial charge in [-0.15, -0.1) is 0 Å². The zero-order valence-corrected chi connectivity index (χ0v) is 20.3. The molecule has 0 N–H and O–H groups in total. The lowest BCUT2D eigenvalue weighted by Crippen LogP contribution is -2.75. The number of halogens is 10. The summed E-state index contributed by atoms with van der Waals surface area (Å²) in [7, 11) is 0. The third kappa shape index (κ3) is 5.53. The lowest BCUT2D eigenvalue weighted by Gasteiger charge is -2.45. The van der Waals surface area contributed by atoms with Gasteiger partial charge in [0.2, 0.25) is 0 Å². The number of aryl methyl sites for hydroxylation is 2. The average Bonchev–Trinajstić information content (AvgIpc) is 2.76. The molecule has 4 rings (SSSR count). The van der Waals surface area contributed by atoms with Crippen molar-refractivity contribution < 1.29 is 43.9 Å². The highest BCUT2D eigenvalue weighted by Crippen LogP contribution is 2.31. The van der Waals surface area contributed by atoms with E-state index in [1.807, 2.05) is 0 Å². The molecule has 0 atom stereocenters. The van der Waals surface area contributed by atoms with Gasteiger partial charge >= 0.3 is 12.4 Å². The summed E-state index contributed by atoms with van der Waals surface area (Å²) in [6.45, 7) is 2.84. The second kappa shape index (κ2) is 9.77. The minimum Gasteiger partial charge on any atom is -0.207 e. The Hall–Kier alpha value is -3.76. The Morgan fingerprint density at radius 3 is 0.974 bits per heavy atom. The minimum atomic E-state index is -5.09. The van der Waals surface area contributed by atoms with Gasteiger partial charge in [-0.05, 0) is 38.1 Å². The summed E-state index contributed by atoms with van der Waals surface area (Å²) in [5.74, 6) is -4.63. The topological polar surface area (TPSA) is 0 Å². The predicted octanol–water partition coefficient (Wildman–Crippen LogP) is 6.27. The third-order valence-corrected chi connectivity index (χ3v) is 6.62. The first-order chi connectivity index (χ1) is 18.0. The summed E-state index contributed by atoms with van der Waals surface area (Å²) in [4.78, 5) is 0. The summed E-state index contributed by atoms with van der Waals surface area (Å²) in [5, 5.41) is 0. The summed E-state index contributed by atoms with van der Waals surface area (Å²) in [6.07, 6.45) is -13.6. The lowest BCUT2D eigenvalue weighted by molar-refractivity contribution is -0.138. The molecule has 0 bridgehead atoms. The molecular weight excluding hydrogens is 537 g/mol. The van der Waals surface area contributed by atoms with E-state index in [4.69, 9.17) is 0 Å². The number of hydrogen-bond acceptors (Lipinski definition) is 0. The second-order valence-electron chi connectivity index (χ2n) is 9.53. The highest BCUT2D eigenvalue weighted by Gasteiger charge is 2.39. The fourth-order valence-electron chi connectivity index (χ4n) is 5.24. The Kier molecular flexibility index (Phi) is 7.08. The smallest absolute Gasteiger partial charge is 0.207 e. The minimum absolute atomic E-state index is 0.185. The molecular formula is C28H18BF10-. The predicted molar refractivity (Wildman–Crippen MR) is 129 cm³/mol. The molecule has 0 unspecified atom stereocenters. The molecule has 11 heteroatoms. The van der Waals surface area contributed by atoms with Crippen molar-refractivity contribution in [2.24, 2.45) is 0 Å². The van der Waals surface area contributed by atoms with Gasteiger partial charge in [-0.1, -0.05) is 59.7 Å². The number of hydrogen-bond donors (Lipinski definition) is 0. The molecule has 0 radical (unpaired) electrons. The van der Waals surface area contributed by atoms with Gasteiger partial charge < -0.3 is 0 Å². The van der Waals surface area contributed by atoms with Gasteiger partial charge in [0.05, 0.1) is 11.1 Å².